The molecule has 0 unspecified atom stereocenters. The van der Waals surface area contributed by atoms with Gasteiger partial charge in [0.2, 0.25) is 0 Å². The highest BCUT2D eigenvalue weighted by Gasteiger charge is 2.24. The quantitative estimate of drug-likeness (QED) is 0.847. The van der Waals surface area contributed by atoms with Gasteiger partial charge in [-0.1, -0.05) is 6.07 Å². The van der Waals surface area contributed by atoms with Crippen LogP contribution in [0.1, 0.15) is 16.1 Å². The second-order valence-electron chi connectivity index (χ2n) is 5.87. The molecule has 0 saturated carbocycles. The molecule has 1 N–H and O–H groups in total. The molecule has 2 aromatic heterocycles. The maximum Gasteiger partial charge on any atom is 0.291 e. The topological polar surface area (TPSA) is 78.7 Å². The van der Waals surface area contributed by atoms with Crippen LogP contribution in [0.15, 0.2) is 53.0 Å². The predicted molar refractivity (Wildman–Crippen MR) is 92.5 cm³/mol. The van der Waals surface area contributed by atoms with E-state index in [9.17, 15) is 9.59 Å². The molecule has 7 nitrogen and oxygen atoms in total. The summed E-state index contributed by atoms with van der Waals surface area (Å²) in [4.78, 5) is 33.1. The molecule has 3 rings (SSSR count). The second kappa shape index (κ2) is 7.76. The van der Waals surface area contributed by atoms with Crippen LogP contribution in [0.2, 0.25) is 0 Å². The number of carbonyl (C=O) groups is 2. The van der Waals surface area contributed by atoms with E-state index in [0.717, 1.165) is 18.7 Å². The number of nitrogens with one attached hydrogen (secondary N) is 1. The van der Waals surface area contributed by atoms with Gasteiger partial charge in [0.15, 0.2) is 5.76 Å². The summed E-state index contributed by atoms with van der Waals surface area (Å²) < 4.78 is 5.10. The van der Waals surface area contributed by atoms with Gasteiger partial charge in [-0.05, 0) is 36.9 Å². The van der Waals surface area contributed by atoms with Crippen molar-refractivity contribution in [3.8, 4) is 0 Å². The molecule has 0 bridgehead atoms. The summed E-state index contributed by atoms with van der Waals surface area (Å²) in [6.45, 7) is 2.85. The molecular weight excluding hydrogens is 320 g/mol. The molecule has 1 fully saturated rings. The maximum absolute atomic E-state index is 12.9. The number of hydrogen-bond acceptors (Lipinski definition) is 5. The van der Waals surface area contributed by atoms with Crippen LogP contribution in [0.4, 0.5) is 0 Å². The molecule has 2 aromatic rings. The smallest absolute Gasteiger partial charge is 0.291 e. The van der Waals surface area contributed by atoms with Crippen molar-refractivity contribution < 1.29 is 14.0 Å². The minimum Gasteiger partial charge on any atom is -0.459 e. The molecule has 0 aliphatic carbocycles. The predicted octanol–water partition coefficient (Wildman–Crippen LogP) is 1.22. The minimum atomic E-state index is -0.456. The van der Waals surface area contributed by atoms with Gasteiger partial charge in [0, 0.05) is 38.6 Å². The Morgan fingerprint density at radius 2 is 2.00 bits per heavy atom. The van der Waals surface area contributed by atoms with Gasteiger partial charge in [0.25, 0.3) is 11.8 Å². The fraction of sp³-hybridized carbons (Fsp3) is 0.278. The summed E-state index contributed by atoms with van der Waals surface area (Å²) in [6, 6.07) is 6.78. The van der Waals surface area contributed by atoms with E-state index in [4.69, 9.17) is 4.42 Å². The van der Waals surface area contributed by atoms with Crippen molar-refractivity contribution in [2.24, 2.45) is 0 Å². The first-order chi connectivity index (χ1) is 12.1. The normalized spacial score (nSPS) is 15.9. The Kier molecular flexibility index (Phi) is 5.25. The zero-order chi connectivity index (χ0) is 17.6. The highest BCUT2D eigenvalue weighted by molar-refractivity contribution is 6.04. The summed E-state index contributed by atoms with van der Waals surface area (Å²) >= 11 is 0. The first-order valence-corrected chi connectivity index (χ1v) is 8.08. The van der Waals surface area contributed by atoms with E-state index in [1.54, 1.807) is 41.6 Å². The molecule has 0 radical (unpaired) electrons. The highest BCUT2D eigenvalue weighted by atomic mass is 16.3. The zero-order valence-corrected chi connectivity index (χ0v) is 14.0. The van der Waals surface area contributed by atoms with Crippen molar-refractivity contribution >= 4 is 17.9 Å². The van der Waals surface area contributed by atoms with Crippen LogP contribution >= 0.6 is 0 Å². The number of carbonyl (C=O) groups excluding carboxylic acids is 2. The molecule has 0 aromatic carbocycles. The van der Waals surface area contributed by atoms with Crippen molar-refractivity contribution in [1.82, 2.24) is 20.1 Å². The van der Waals surface area contributed by atoms with E-state index in [1.165, 1.54) is 6.26 Å². The lowest BCUT2D eigenvalue weighted by molar-refractivity contribution is -0.128. The Labute approximate surface area is 145 Å². The Morgan fingerprint density at radius 3 is 2.64 bits per heavy atom. The number of furan rings is 1. The zero-order valence-electron chi connectivity index (χ0n) is 14.0. The van der Waals surface area contributed by atoms with E-state index in [-0.39, 0.29) is 17.4 Å². The van der Waals surface area contributed by atoms with Gasteiger partial charge in [0.1, 0.15) is 5.70 Å². The van der Waals surface area contributed by atoms with E-state index < -0.39 is 5.91 Å². The van der Waals surface area contributed by atoms with Crippen LogP contribution < -0.4 is 5.32 Å². The van der Waals surface area contributed by atoms with Crippen molar-refractivity contribution in [3.05, 3.63) is 59.9 Å². The number of nitrogens with zero attached hydrogens (tertiary/aromatic N) is 3. The average molecular weight is 340 g/mol. The first kappa shape index (κ1) is 16.9. The van der Waals surface area contributed by atoms with E-state index >= 15 is 0 Å². The monoisotopic (exact) mass is 340 g/mol. The van der Waals surface area contributed by atoms with E-state index in [1.807, 2.05) is 13.1 Å². The Bertz CT molecular complexity index is 748. The largest absolute Gasteiger partial charge is 0.459 e. The minimum absolute atomic E-state index is 0.156. The number of piperazine rings is 1. The molecular formula is C18H20N4O3. The first-order valence-electron chi connectivity index (χ1n) is 8.08. The third kappa shape index (κ3) is 4.33. The molecule has 7 heteroatoms. The molecule has 25 heavy (non-hydrogen) atoms. The van der Waals surface area contributed by atoms with E-state index in [0.29, 0.717) is 13.1 Å². The second-order valence-corrected chi connectivity index (χ2v) is 5.87. The van der Waals surface area contributed by atoms with Gasteiger partial charge in [-0.2, -0.15) is 0 Å². The molecule has 2 amide bonds. The van der Waals surface area contributed by atoms with Gasteiger partial charge in [-0.3, -0.25) is 14.6 Å². The van der Waals surface area contributed by atoms with Crippen LogP contribution in [-0.2, 0) is 4.79 Å². The number of aromatic nitrogens is 1. The SMILES string of the molecule is CN1CCN(C(=O)/C(=C\c2cccnc2)NC(=O)c2ccco2)CC1. The summed E-state index contributed by atoms with van der Waals surface area (Å²) in [5.41, 5.74) is 0.943. The average Bonchev–Trinajstić information content (AvgIpc) is 3.17. The Hall–Kier alpha value is -2.93. The Morgan fingerprint density at radius 1 is 1.20 bits per heavy atom. The van der Waals surface area contributed by atoms with Crippen LogP contribution in [0, 0.1) is 0 Å². The van der Waals surface area contributed by atoms with Gasteiger partial charge >= 0.3 is 0 Å². The van der Waals surface area contributed by atoms with Crippen LogP contribution in [0.25, 0.3) is 6.08 Å². The third-order valence-corrected chi connectivity index (χ3v) is 4.01. The standard InChI is InChI=1S/C18H20N4O3/c1-21-7-9-22(10-8-21)18(24)15(12-14-4-2-6-19-13-14)20-17(23)16-5-3-11-25-16/h2-6,11-13H,7-10H2,1H3,(H,20,23)/b15-12+. The lowest BCUT2D eigenvalue weighted by atomic mass is 10.2. The Balaban J connectivity index is 1.82. The number of pyridine rings is 1. The van der Waals surface area contributed by atoms with E-state index in [2.05, 4.69) is 15.2 Å². The molecule has 3 heterocycles. The van der Waals surface area contributed by atoms with Gasteiger partial charge < -0.3 is 19.5 Å². The lowest BCUT2D eigenvalue weighted by Crippen LogP contribution is -2.49. The van der Waals surface area contributed by atoms with Crippen LogP contribution in [-0.4, -0.2) is 59.8 Å². The van der Waals surface area contributed by atoms with Crippen molar-refractivity contribution in [2.45, 2.75) is 0 Å². The van der Waals surface area contributed by atoms with Crippen LogP contribution in [0.5, 0.6) is 0 Å². The number of hydrogen-bond donors (Lipinski definition) is 1. The van der Waals surface area contributed by atoms with Gasteiger partial charge in [0.05, 0.1) is 6.26 Å². The van der Waals surface area contributed by atoms with Gasteiger partial charge in [-0.25, -0.2) is 0 Å². The molecule has 1 aliphatic rings. The number of amides is 2. The van der Waals surface area contributed by atoms with Crippen LogP contribution in [0.3, 0.4) is 0 Å². The molecule has 1 aliphatic heterocycles. The third-order valence-electron chi connectivity index (χ3n) is 4.01. The fourth-order valence-electron chi connectivity index (χ4n) is 2.55. The molecule has 0 spiro atoms. The molecule has 130 valence electrons. The fourth-order valence-corrected chi connectivity index (χ4v) is 2.55. The highest BCUT2D eigenvalue weighted by Crippen LogP contribution is 2.11. The number of rotatable bonds is 4. The summed E-state index contributed by atoms with van der Waals surface area (Å²) in [5, 5.41) is 2.67. The number of likely N-dealkylation sites (N-methyl/N-ethyl adjacent to an activating group) is 1. The van der Waals surface area contributed by atoms with Crippen molar-refractivity contribution in [1.29, 1.82) is 0 Å². The van der Waals surface area contributed by atoms with Gasteiger partial charge in [-0.15, -0.1) is 0 Å². The molecule has 0 atom stereocenters. The summed E-state index contributed by atoms with van der Waals surface area (Å²) in [5.74, 6) is -0.511. The lowest BCUT2D eigenvalue weighted by Gasteiger charge is -2.32. The molecule has 1 saturated heterocycles. The van der Waals surface area contributed by atoms with Crippen molar-refractivity contribution in [2.75, 3.05) is 33.2 Å². The summed E-state index contributed by atoms with van der Waals surface area (Å²) in [6.07, 6.45) is 6.34. The maximum atomic E-state index is 12.9. The summed E-state index contributed by atoms with van der Waals surface area (Å²) in [7, 11) is 2.02. The van der Waals surface area contributed by atoms with Crippen molar-refractivity contribution in [3.63, 3.8) is 0 Å².